The van der Waals surface area contributed by atoms with Gasteiger partial charge in [-0.1, -0.05) is 28.8 Å². The van der Waals surface area contributed by atoms with Crippen molar-refractivity contribution in [2.45, 2.75) is 39.2 Å². The van der Waals surface area contributed by atoms with E-state index in [1.165, 1.54) is 7.11 Å². The largest absolute Gasteiger partial charge is 0.493 e. The predicted molar refractivity (Wildman–Crippen MR) is 89.2 cm³/mol. The van der Waals surface area contributed by atoms with Gasteiger partial charge in [0.15, 0.2) is 17.6 Å². The molecule has 6 heteroatoms. The molecule has 23 heavy (non-hydrogen) atoms. The minimum Gasteiger partial charge on any atom is -0.493 e. The van der Waals surface area contributed by atoms with Crippen LogP contribution in [0.5, 0.6) is 11.5 Å². The summed E-state index contributed by atoms with van der Waals surface area (Å²) in [7, 11) is 1.48. The summed E-state index contributed by atoms with van der Waals surface area (Å²) < 4.78 is 16.3. The average molecular weight is 383 g/mol. The predicted octanol–water partition coefficient (Wildman–Crippen LogP) is 3.49. The van der Waals surface area contributed by atoms with E-state index in [9.17, 15) is 9.59 Å². The molecular formula is C17H19BrO5. The number of benzene rings is 1. The van der Waals surface area contributed by atoms with Gasteiger partial charge < -0.3 is 14.2 Å². The van der Waals surface area contributed by atoms with Gasteiger partial charge in [0.25, 0.3) is 0 Å². The fourth-order valence-electron chi connectivity index (χ4n) is 1.70. The van der Waals surface area contributed by atoms with Gasteiger partial charge in [0.1, 0.15) is 0 Å². The van der Waals surface area contributed by atoms with Crippen LogP contribution < -0.4 is 9.47 Å². The minimum atomic E-state index is -0.530. The van der Waals surface area contributed by atoms with E-state index in [-0.39, 0.29) is 12.8 Å². The van der Waals surface area contributed by atoms with Crippen LogP contribution in [0.15, 0.2) is 22.7 Å². The molecule has 0 heterocycles. The lowest BCUT2D eigenvalue weighted by atomic mass is 10.2. The number of methoxy groups -OCH3 is 1. The molecule has 0 aliphatic rings. The fourth-order valence-corrected chi connectivity index (χ4v) is 2.04. The van der Waals surface area contributed by atoms with E-state index in [0.29, 0.717) is 17.9 Å². The number of carbonyl (C=O) groups is 2. The van der Waals surface area contributed by atoms with Gasteiger partial charge in [-0.25, -0.2) is 0 Å². The first-order valence-corrected chi connectivity index (χ1v) is 7.95. The van der Waals surface area contributed by atoms with Crippen molar-refractivity contribution < 1.29 is 23.8 Å². The van der Waals surface area contributed by atoms with Crippen LogP contribution in [0.1, 0.15) is 33.1 Å². The number of hydrogen-bond donors (Lipinski definition) is 0. The quantitative estimate of drug-likeness (QED) is 0.410. The number of carbonyl (C=O) groups excluding carboxylic acids is 2. The Kier molecular flexibility index (Phi) is 8.20. The van der Waals surface area contributed by atoms with Crippen LogP contribution in [0.25, 0.3) is 0 Å². The highest BCUT2D eigenvalue weighted by molar-refractivity contribution is 9.10. The zero-order chi connectivity index (χ0) is 17.2. The number of rotatable bonds is 7. The van der Waals surface area contributed by atoms with Crippen LogP contribution in [-0.4, -0.2) is 25.2 Å². The molecule has 0 saturated carbocycles. The second-order valence-electron chi connectivity index (χ2n) is 4.55. The van der Waals surface area contributed by atoms with Crippen LogP contribution in [0.4, 0.5) is 0 Å². The van der Waals surface area contributed by atoms with Crippen molar-refractivity contribution in [1.29, 1.82) is 0 Å². The highest BCUT2D eigenvalue weighted by Gasteiger charge is 2.15. The number of halogens is 1. The second-order valence-corrected chi connectivity index (χ2v) is 5.47. The summed E-state index contributed by atoms with van der Waals surface area (Å²) in [5.41, 5.74) is 0. The highest BCUT2D eigenvalue weighted by Crippen LogP contribution is 2.30. The monoisotopic (exact) mass is 382 g/mol. The number of esters is 2. The molecule has 5 nitrogen and oxygen atoms in total. The van der Waals surface area contributed by atoms with Crippen molar-refractivity contribution in [3.05, 3.63) is 22.7 Å². The van der Waals surface area contributed by atoms with Crippen molar-refractivity contribution >= 4 is 27.9 Å². The molecule has 124 valence electrons. The van der Waals surface area contributed by atoms with E-state index >= 15 is 0 Å². The molecule has 0 aliphatic carbocycles. The van der Waals surface area contributed by atoms with E-state index in [0.717, 1.165) is 4.47 Å². The highest BCUT2D eigenvalue weighted by atomic mass is 79.9. The van der Waals surface area contributed by atoms with E-state index in [1.54, 1.807) is 25.1 Å². The summed E-state index contributed by atoms with van der Waals surface area (Å²) in [6.07, 6.45) is 0.0378. The summed E-state index contributed by atoms with van der Waals surface area (Å²) in [4.78, 5) is 23.5. The molecule has 0 aliphatic heterocycles. The van der Waals surface area contributed by atoms with Crippen molar-refractivity contribution in [3.8, 4) is 23.3 Å². The summed E-state index contributed by atoms with van der Waals surface area (Å²) in [5.74, 6) is 5.21. The Labute approximate surface area is 144 Å². The lowest BCUT2D eigenvalue weighted by Crippen LogP contribution is -2.18. The molecule has 1 rings (SSSR count). The van der Waals surface area contributed by atoms with Crippen molar-refractivity contribution in [2.75, 3.05) is 7.11 Å². The Morgan fingerprint density at radius 1 is 1.22 bits per heavy atom. The van der Waals surface area contributed by atoms with E-state index in [1.807, 2.05) is 6.92 Å². The Morgan fingerprint density at radius 3 is 2.52 bits per heavy atom. The van der Waals surface area contributed by atoms with Crippen LogP contribution in [-0.2, 0) is 14.3 Å². The molecule has 0 spiro atoms. The van der Waals surface area contributed by atoms with Gasteiger partial charge in [-0.3, -0.25) is 9.59 Å². The summed E-state index contributed by atoms with van der Waals surface area (Å²) in [5, 5.41) is 0. The van der Waals surface area contributed by atoms with E-state index in [2.05, 4.69) is 27.8 Å². The van der Waals surface area contributed by atoms with Crippen molar-refractivity contribution in [1.82, 2.24) is 0 Å². The maximum Gasteiger partial charge on any atom is 0.311 e. The van der Waals surface area contributed by atoms with Crippen molar-refractivity contribution in [2.24, 2.45) is 0 Å². The van der Waals surface area contributed by atoms with Crippen LogP contribution in [0, 0.1) is 11.8 Å². The van der Waals surface area contributed by atoms with Gasteiger partial charge in [-0.15, -0.1) is 5.92 Å². The van der Waals surface area contributed by atoms with Crippen molar-refractivity contribution in [3.63, 3.8) is 0 Å². The first kappa shape index (κ1) is 19.0. The Morgan fingerprint density at radius 2 is 1.91 bits per heavy atom. The molecule has 0 fully saturated rings. The Hall–Kier alpha value is -2.00. The average Bonchev–Trinajstić information content (AvgIpc) is 2.54. The number of hydrogen-bond acceptors (Lipinski definition) is 5. The van der Waals surface area contributed by atoms with Crippen LogP contribution in [0.2, 0.25) is 0 Å². The van der Waals surface area contributed by atoms with Gasteiger partial charge in [-0.2, -0.15) is 0 Å². The molecule has 0 bridgehead atoms. The van der Waals surface area contributed by atoms with E-state index < -0.39 is 18.0 Å². The lowest BCUT2D eigenvalue weighted by Gasteiger charge is -2.11. The van der Waals surface area contributed by atoms with E-state index in [4.69, 9.17) is 14.2 Å². The fraction of sp³-hybridized carbons (Fsp3) is 0.412. The smallest absolute Gasteiger partial charge is 0.311 e. The molecule has 1 aromatic carbocycles. The molecular weight excluding hydrogens is 364 g/mol. The van der Waals surface area contributed by atoms with Crippen LogP contribution >= 0.6 is 15.9 Å². The molecule has 0 amide bonds. The normalized spacial score (nSPS) is 11.0. The third kappa shape index (κ3) is 6.74. The standard InChI is InChI=1S/C17H19BrO5/c1-4-6-13(5-2)22-16(19)9-10-17(20)23-14-8-7-12(18)11-15(14)21-3/h7-8,11,13H,5,9-10H2,1-3H3. The van der Waals surface area contributed by atoms with Crippen LogP contribution in [0.3, 0.4) is 0 Å². The SMILES string of the molecule is CC#CC(CC)OC(=O)CCC(=O)Oc1ccc(Br)cc1OC. The molecule has 0 saturated heterocycles. The second kappa shape index (κ2) is 9.90. The Bertz CT molecular complexity index is 615. The lowest BCUT2D eigenvalue weighted by molar-refractivity contribution is -0.149. The number of ether oxygens (including phenoxy) is 3. The first-order valence-electron chi connectivity index (χ1n) is 7.16. The first-order chi connectivity index (χ1) is 11.0. The topological polar surface area (TPSA) is 61.8 Å². The summed E-state index contributed by atoms with van der Waals surface area (Å²) in [6.45, 7) is 3.55. The third-order valence-corrected chi connectivity index (χ3v) is 3.33. The molecule has 0 aromatic heterocycles. The third-order valence-electron chi connectivity index (χ3n) is 2.83. The molecule has 0 N–H and O–H groups in total. The maximum atomic E-state index is 11.8. The maximum absolute atomic E-state index is 11.8. The minimum absolute atomic E-state index is 0.0560. The Balaban J connectivity index is 2.51. The zero-order valence-electron chi connectivity index (χ0n) is 13.3. The van der Waals surface area contributed by atoms with Gasteiger partial charge in [0, 0.05) is 4.47 Å². The van der Waals surface area contributed by atoms with Gasteiger partial charge in [-0.05, 0) is 31.5 Å². The molecule has 1 aromatic rings. The summed E-state index contributed by atoms with van der Waals surface area (Å²) in [6, 6.07) is 5.03. The van der Waals surface area contributed by atoms with Gasteiger partial charge in [0.05, 0.1) is 20.0 Å². The molecule has 0 radical (unpaired) electrons. The molecule has 1 unspecified atom stereocenters. The van der Waals surface area contributed by atoms with Gasteiger partial charge >= 0.3 is 11.9 Å². The molecule has 1 atom stereocenters. The summed E-state index contributed by atoms with van der Waals surface area (Å²) >= 11 is 3.30. The van der Waals surface area contributed by atoms with Gasteiger partial charge in [0.2, 0.25) is 0 Å². The zero-order valence-corrected chi connectivity index (χ0v) is 14.9.